The molecule has 0 bridgehead atoms. The van der Waals surface area contributed by atoms with E-state index in [0.717, 1.165) is 28.1 Å². The van der Waals surface area contributed by atoms with Gasteiger partial charge in [0.25, 0.3) is 0 Å². The van der Waals surface area contributed by atoms with Gasteiger partial charge in [0.1, 0.15) is 0 Å². The Morgan fingerprint density at radius 1 is 1.47 bits per heavy atom. The first-order chi connectivity index (χ1) is 8.10. The van der Waals surface area contributed by atoms with Crippen molar-refractivity contribution in [1.82, 2.24) is 5.32 Å². The molecule has 0 aliphatic heterocycles. The van der Waals surface area contributed by atoms with Crippen molar-refractivity contribution in [2.24, 2.45) is 5.92 Å². The number of halogens is 2. The molecule has 0 aromatic heterocycles. The summed E-state index contributed by atoms with van der Waals surface area (Å²) in [5.41, 5.74) is 1.12. The SMILES string of the molecule is CNC(CC(C)COC)c1c(Cl)cccc1Br. The van der Waals surface area contributed by atoms with Crippen LogP contribution in [0.15, 0.2) is 22.7 Å². The first-order valence-electron chi connectivity index (χ1n) is 5.70. The van der Waals surface area contributed by atoms with E-state index in [0.29, 0.717) is 5.92 Å². The van der Waals surface area contributed by atoms with Crippen LogP contribution in [0.1, 0.15) is 24.9 Å². The monoisotopic (exact) mass is 319 g/mol. The zero-order valence-electron chi connectivity index (χ0n) is 10.5. The average molecular weight is 321 g/mol. The van der Waals surface area contributed by atoms with Gasteiger partial charge in [0.05, 0.1) is 0 Å². The van der Waals surface area contributed by atoms with Crippen molar-refractivity contribution in [1.29, 1.82) is 0 Å². The molecule has 0 aliphatic carbocycles. The Labute approximate surface area is 117 Å². The van der Waals surface area contributed by atoms with Crippen molar-refractivity contribution in [2.45, 2.75) is 19.4 Å². The van der Waals surface area contributed by atoms with E-state index in [1.165, 1.54) is 0 Å². The summed E-state index contributed by atoms with van der Waals surface area (Å²) in [5, 5.41) is 4.11. The summed E-state index contributed by atoms with van der Waals surface area (Å²) in [6.45, 7) is 2.94. The number of rotatable bonds is 6. The van der Waals surface area contributed by atoms with Gasteiger partial charge in [-0.05, 0) is 31.5 Å². The van der Waals surface area contributed by atoms with Crippen LogP contribution in [0.25, 0.3) is 0 Å². The van der Waals surface area contributed by atoms with E-state index in [4.69, 9.17) is 16.3 Å². The second-order valence-corrected chi connectivity index (χ2v) is 5.53. The largest absolute Gasteiger partial charge is 0.384 e. The second-order valence-electron chi connectivity index (χ2n) is 4.27. The summed E-state index contributed by atoms with van der Waals surface area (Å²) in [7, 11) is 3.69. The minimum absolute atomic E-state index is 0.239. The molecule has 1 rings (SSSR count). The quantitative estimate of drug-likeness (QED) is 0.854. The molecule has 0 saturated carbocycles. The summed E-state index contributed by atoms with van der Waals surface area (Å²) in [4.78, 5) is 0. The average Bonchev–Trinajstić information content (AvgIpc) is 2.27. The van der Waals surface area contributed by atoms with E-state index in [1.807, 2.05) is 25.2 Å². The van der Waals surface area contributed by atoms with E-state index in [2.05, 4.69) is 28.2 Å². The standard InChI is InChI=1S/C13H19BrClNO/c1-9(8-17-3)7-12(16-2)13-10(14)5-4-6-11(13)15/h4-6,9,12,16H,7-8H2,1-3H3. The van der Waals surface area contributed by atoms with E-state index < -0.39 is 0 Å². The van der Waals surface area contributed by atoms with E-state index in [-0.39, 0.29) is 6.04 Å². The molecule has 2 atom stereocenters. The van der Waals surface area contributed by atoms with E-state index >= 15 is 0 Å². The second kappa shape index (κ2) is 7.37. The first kappa shape index (κ1) is 15.0. The normalized spacial score (nSPS) is 14.6. The van der Waals surface area contributed by atoms with Crippen LogP contribution < -0.4 is 5.32 Å². The summed E-state index contributed by atoms with van der Waals surface area (Å²) in [6, 6.07) is 6.13. The number of hydrogen-bond acceptors (Lipinski definition) is 2. The fraction of sp³-hybridized carbons (Fsp3) is 0.538. The molecular formula is C13H19BrClNO. The van der Waals surface area contributed by atoms with Gasteiger partial charge in [-0.15, -0.1) is 0 Å². The maximum Gasteiger partial charge on any atom is 0.0488 e. The molecule has 17 heavy (non-hydrogen) atoms. The van der Waals surface area contributed by atoms with Gasteiger partial charge in [0, 0.05) is 34.8 Å². The molecule has 4 heteroatoms. The molecular weight excluding hydrogens is 302 g/mol. The van der Waals surface area contributed by atoms with Gasteiger partial charge in [0.2, 0.25) is 0 Å². The summed E-state index contributed by atoms with van der Waals surface area (Å²) >= 11 is 9.82. The molecule has 0 fully saturated rings. The fourth-order valence-corrected chi connectivity index (χ4v) is 3.04. The Morgan fingerprint density at radius 3 is 2.71 bits per heavy atom. The zero-order chi connectivity index (χ0) is 12.8. The van der Waals surface area contributed by atoms with Gasteiger partial charge in [-0.3, -0.25) is 0 Å². The molecule has 96 valence electrons. The van der Waals surface area contributed by atoms with Crippen LogP contribution in [0.2, 0.25) is 5.02 Å². The number of benzene rings is 1. The molecule has 1 N–H and O–H groups in total. The van der Waals surface area contributed by atoms with Crippen molar-refractivity contribution < 1.29 is 4.74 Å². The lowest BCUT2D eigenvalue weighted by Crippen LogP contribution is -2.21. The lowest BCUT2D eigenvalue weighted by atomic mass is 9.96. The van der Waals surface area contributed by atoms with Gasteiger partial charge in [-0.1, -0.05) is 40.5 Å². The van der Waals surface area contributed by atoms with Gasteiger partial charge in [-0.2, -0.15) is 0 Å². The van der Waals surface area contributed by atoms with E-state index in [1.54, 1.807) is 7.11 Å². The minimum atomic E-state index is 0.239. The topological polar surface area (TPSA) is 21.3 Å². The predicted octanol–water partition coefficient (Wildman–Crippen LogP) is 4.04. The highest BCUT2D eigenvalue weighted by Gasteiger charge is 2.18. The third-order valence-electron chi connectivity index (χ3n) is 2.79. The van der Waals surface area contributed by atoms with Gasteiger partial charge >= 0.3 is 0 Å². The Kier molecular flexibility index (Phi) is 6.49. The molecule has 0 heterocycles. The molecule has 1 aromatic carbocycles. The molecule has 1 aromatic rings. The van der Waals surface area contributed by atoms with Crippen LogP contribution in [-0.2, 0) is 4.74 Å². The summed E-state index contributed by atoms with van der Waals surface area (Å²) < 4.78 is 6.22. The minimum Gasteiger partial charge on any atom is -0.384 e. The van der Waals surface area contributed by atoms with Crippen LogP contribution >= 0.6 is 27.5 Å². The molecule has 2 unspecified atom stereocenters. The van der Waals surface area contributed by atoms with Crippen molar-refractivity contribution in [3.63, 3.8) is 0 Å². The van der Waals surface area contributed by atoms with Crippen LogP contribution in [0.3, 0.4) is 0 Å². The van der Waals surface area contributed by atoms with Gasteiger partial charge in [0.15, 0.2) is 0 Å². The molecule has 0 radical (unpaired) electrons. The zero-order valence-corrected chi connectivity index (χ0v) is 12.8. The molecule has 2 nitrogen and oxygen atoms in total. The highest BCUT2D eigenvalue weighted by molar-refractivity contribution is 9.10. The van der Waals surface area contributed by atoms with Crippen molar-refractivity contribution in [2.75, 3.05) is 20.8 Å². The lowest BCUT2D eigenvalue weighted by Gasteiger charge is -2.22. The van der Waals surface area contributed by atoms with Gasteiger partial charge < -0.3 is 10.1 Å². The Bertz CT molecular complexity index is 339. The smallest absolute Gasteiger partial charge is 0.0488 e. The maximum absolute atomic E-state index is 6.26. The first-order valence-corrected chi connectivity index (χ1v) is 6.87. The van der Waals surface area contributed by atoms with Crippen molar-refractivity contribution in [3.8, 4) is 0 Å². The molecule has 0 spiro atoms. The highest BCUT2D eigenvalue weighted by atomic mass is 79.9. The lowest BCUT2D eigenvalue weighted by molar-refractivity contribution is 0.150. The Morgan fingerprint density at radius 2 is 2.18 bits per heavy atom. The maximum atomic E-state index is 6.26. The van der Waals surface area contributed by atoms with Gasteiger partial charge in [-0.25, -0.2) is 0 Å². The Hall–Kier alpha value is -0.0900. The fourth-order valence-electron chi connectivity index (χ4n) is 1.98. The highest BCUT2D eigenvalue weighted by Crippen LogP contribution is 2.33. The van der Waals surface area contributed by atoms with E-state index in [9.17, 15) is 0 Å². The molecule has 0 aliphatic rings. The molecule has 0 amide bonds. The van der Waals surface area contributed by atoms with Crippen molar-refractivity contribution >= 4 is 27.5 Å². The predicted molar refractivity (Wildman–Crippen MR) is 76.6 cm³/mol. The number of ether oxygens (including phenoxy) is 1. The summed E-state index contributed by atoms with van der Waals surface area (Å²) in [5.74, 6) is 0.487. The number of hydrogen-bond donors (Lipinski definition) is 1. The summed E-state index contributed by atoms with van der Waals surface area (Å²) in [6.07, 6.45) is 0.993. The number of nitrogens with one attached hydrogen (secondary N) is 1. The third-order valence-corrected chi connectivity index (χ3v) is 3.81. The van der Waals surface area contributed by atoms with Crippen LogP contribution in [0, 0.1) is 5.92 Å². The third kappa shape index (κ3) is 4.25. The number of methoxy groups -OCH3 is 1. The Balaban J connectivity index is 2.86. The molecule has 0 saturated heterocycles. The van der Waals surface area contributed by atoms with Crippen LogP contribution in [-0.4, -0.2) is 20.8 Å². The van der Waals surface area contributed by atoms with Crippen LogP contribution in [0.5, 0.6) is 0 Å². The van der Waals surface area contributed by atoms with Crippen LogP contribution in [0.4, 0.5) is 0 Å². The van der Waals surface area contributed by atoms with Crippen molar-refractivity contribution in [3.05, 3.63) is 33.3 Å².